The van der Waals surface area contributed by atoms with Crippen molar-refractivity contribution >= 4 is 46.6 Å². The second-order valence-electron chi connectivity index (χ2n) is 7.36. The molecule has 0 radical (unpaired) electrons. The number of benzene rings is 3. The molecule has 1 N–H and O–H groups in total. The Hall–Kier alpha value is -2.76. The molecule has 0 saturated carbocycles. The number of nitrogens with one attached hydrogen (secondary N) is 1. The first-order chi connectivity index (χ1) is 15.1. The normalized spacial score (nSPS) is 15.9. The second kappa shape index (κ2) is 9.58. The molecule has 3 aromatic carbocycles. The molecule has 6 heteroatoms. The lowest BCUT2D eigenvalue weighted by Crippen LogP contribution is -2.28. The zero-order chi connectivity index (χ0) is 21.8. The molecule has 1 saturated heterocycles. The van der Waals surface area contributed by atoms with Gasteiger partial charge in [-0.05, 0) is 47.9 Å². The molecule has 1 aliphatic heterocycles. The highest BCUT2D eigenvalue weighted by molar-refractivity contribution is 8.00. The third kappa shape index (κ3) is 4.63. The number of hydrogen-bond donors (Lipinski definition) is 1. The van der Waals surface area contributed by atoms with Crippen LogP contribution in [0.3, 0.4) is 0 Å². The largest absolute Gasteiger partial charge is 0.322 e. The van der Waals surface area contributed by atoms with E-state index < -0.39 is 0 Å². The SMILES string of the molecule is CCCc1ccccc1N1C(=O)CS[C@H]1c1ccc(NC(=O)c2ccccc2Cl)cc1. The number of amides is 2. The average molecular weight is 451 g/mol. The van der Waals surface area contributed by atoms with E-state index in [9.17, 15) is 9.59 Å². The molecule has 1 heterocycles. The first kappa shape index (κ1) is 21.5. The van der Waals surface area contributed by atoms with Crippen molar-refractivity contribution in [2.24, 2.45) is 0 Å². The summed E-state index contributed by atoms with van der Waals surface area (Å²) in [7, 11) is 0. The summed E-state index contributed by atoms with van der Waals surface area (Å²) in [4.78, 5) is 27.2. The van der Waals surface area contributed by atoms with Gasteiger partial charge in [0.25, 0.3) is 5.91 Å². The van der Waals surface area contributed by atoms with Gasteiger partial charge in [0.15, 0.2) is 0 Å². The van der Waals surface area contributed by atoms with Gasteiger partial charge in [-0.25, -0.2) is 0 Å². The third-order valence-electron chi connectivity index (χ3n) is 5.21. The van der Waals surface area contributed by atoms with Gasteiger partial charge in [0.05, 0.1) is 16.3 Å². The monoisotopic (exact) mass is 450 g/mol. The number of hydrogen-bond acceptors (Lipinski definition) is 3. The summed E-state index contributed by atoms with van der Waals surface area (Å²) in [6.07, 6.45) is 1.96. The molecule has 3 aromatic rings. The zero-order valence-electron chi connectivity index (χ0n) is 17.2. The molecule has 0 bridgehead atoms. The van der Waals surface area contributed by atoms with E-state index in [1.165, 1.54) is 5.56 Å². The number of rotatable bonds is 6. The number of halogens is 1. The quantitative estimate of drug-likeness (QED) is 0.477. The van der Waals surface area contributed by atoms with E-state index in [-0.39, 0.29) is 17.2 Å². The van der Waals surface area contributed by atoms with Gasteiger partial charge in [-0.15, -0.1) is 11.8 Å². The van der Waals surface area contributed by atoms with Gasteiger partial charge >= 0.3 is 0 Å². The first-order valence-electron chi connectivity index (χ1n) is 10.3. The Kier molecular flexibility index (Phi) is 6.64. The highest BCUT2D eigenvalue weighted by atomic mass is 35.5. The fourth-order valence-corrected chi connectivity index (χ4v) is 5.12. The number of aryl methyl sites for hydroxylation is 1. The Morgan fingerprint density at radius 3 is 2.52 bits per heavy atom. The predicted octanol–water partition coefficient (Wildman–Crippen LogP) is 6.32. The summed E-state index contributed by atoms with van der Waals surface area (Å²) in [6.45, 7) is 2.14. The lowest BCUT2D eigenvalue weighted by Gasteiger charge is -2.26. The topological polar surface area (TPSA) is 49.4 Å². The number of carbonyl (C=O) groups is 2. The summed E-state index contributed by atoms with van der Waals surface area (Å²) in [6, 6.07) is 22.7. The van der Waals surface area contributed by atoms with Crippen molar-refractivity contribution < 1.29 is 9.59 Å². The van der Waals surface area contributed by atoms with Crippen LogP contribution in [0.1, 0.15) is 40.2 Å². The molecule has 1 fully saturated rings. The number of nitrogens with zero attached hydrogens (tertiary/aromatic N) is 1. The van der Waals surface area contributed by atoms with Crippen molar-refractivity contribution in [3.05, 3.63) is 94.5 Å². The summed E-state index contributed by atoms with van der Waals surface area (Å²) < 4.78 is 0. The molecule has 0 unspecified atom stereocenters. The standard InChI is InChI=1S/C25H23ClN2O2S/c1-2-7-17-8-3-6-11-22(17)28-23(29)16-31-25(28)18-12-14-19(15-13-18)27-24(30)20-9-4-5-10-21(20)26/h3-6,8-15,25H,2,7,16H2,1H3,(H,27,30)/t25-/m0/s1. The predicted molar refractivity (Wildman–Crippen MR) is 129 cm³/mol. The van der Waals surface area contributed by atoms with Crippen LogP contribution in [0, 0.1) is 0 Å². The van der Waals surface area contributed by atoms with E-state index >= 15 is 0 Å². The molecule has 0 aromatic heterocycles. The van der Waals surface area contributed by atoms with E-state index in [1.807, 2.05) is 47.4 Å². The molecule has 0 aliphatic carbocycles. The summed E-state index contributed by atoms with van der Waals surface area (Å²) in [5, 5.41) is 3.21. The lowest BCUT2D eigenvalue weighted by atomic mass is 10.1. The number of thioether (sulfide) groups is 1. The maximum absolute atomic E-state index is 12.8. The molecule has 1 atom stereocenters. The van der Waals surface area contributed by atoms with Crippen LogP contribution in [0.15, 0.2) is 72.8 Å². The van der Waals surface area contributed by atoms with Crippen LogP contribution in [-0.2, 0) is 11.2 Å². The molecule has 4 nitrogen and oxygen atoms in total. The summed E-state index contributed by atoms with van der Waals surface area (Å²) >= 11 is 7.74. The highest BCUT2D eigenvalue weighted by Crippen LogP contribution is 2.43. The Morgan fingerprint density at radius 1 is 1.06 bits per heavy atom. The number of carbonyl (C=O) groups excluding carboxylic acids is 2. The van der Waals surface area contributed by atoms with E-state index in [0.717, 1.165) is 24.1 Å². The van der Waals surface area contributed by atoms with Gasteiger partial charge in [0, 0.05) is 11.4 Å². The zero-order valence-corrected chi connectivity index (χ0v) is 18.7. The average Bonchev–Trinajstić information content (AvgIpc) is 3.16. The Labute approximate surface area is 191 Å². The van der Waals surface area contributed by atoms with E-state index in [0.29, 0.717) is 22.0 Å². The smallest absolute Gasteiger partial charge is 0.257 e. The Bertz CT molecular complexity index is 1100. The molecule has 0 spiro atoms. The Balaban J connectivity index is 1.55. The number of para-hydroxylation sites is 1. The summed E-state index contributed by atoms with van der Waals surface area (Å²) in [5.41, 5.74) is 4.32. The van der Waals surface area contributed by atoms with Crippen molar-refractivity contribution in [3.63, 3.8) is 0 Å². The van der Waals surface area contributed by atoms with Gasteiger partial charge in [0.2, 0.25) is 5.91 Å². The lowest BCUT2D eigenvalue weighted by molar-refractivity contribution is -0.115. The van der Waals surface area contributed by atoms with Crippen LogP contribution in [-0.4, -0.2) is 17.6 Å². The van der Waals surface area contributed by atoms with Crippen molar-refractivity contribution in [2.75, 3.05) is 16.0 Å². The van der Waals surface area contributed by atoms with Gasteiger partial charge in [-0.3, -0.25) is 14.5 Å². The Morgan fingerprint density at radius 2 is 1.77 bits per heavy atom. The van der Waals surface area contributed by atoms with E-state index in [4.69, 9.17) is 11.6 Å². The molecule has 2 amide bonds. The van der Waals surface area contributed by atoms with Crippen molar-refractivity contribution in [2.45, 2.75) is 25.1 Å². The minimum Gasteiger partial charge on any atom is -0.322 e. The van der Waals surface area contributed by atoms with Gasteiger partial charge < -0.3 is 5.32 Å². The van der Waals surface area contributed by atoms with Gasteiger partial charge in [-0.1, -0.05) is 67.4 Å². The van der Waals surface area contributed by atoms with Crippen LogP contribution in [0.5, 0.6) is 0 Å². The molecule has 1 aliphatic rings. The minimum atomic E-state index is -0.251. The van der Waals surface area contributed by atoms with E-state index in [1.54, 1.807) is 36.0 Å². The third-order valence-corrected chi connectivity index (χ3v) is 6.75. The van der Waals surface area contributed by atoms with Gasteiger partial charge in [-0.2, -0.15) is 0 Å². The maximum Gasteiger partial charge on any atom is 0.257 e. The van der Waals surface area contributed by atoms with Crippen LogP contribution >= 0.6 is 23.4 Å². The minimum absolute atomic E-state index is 0.0844. The fourth-order valence-electron chi connectivity index (χ4n) is 3.73. The van der Waals surface area contributed by atoms with Gasteiger partial charge in [0.1, 0.15) is 5.37 Å². The van der Waals surface area contributed by atoms with Crippen LogP contribution in [0.25, 0.3) is 0 Å². The molecule has 4 rings (SSSR count). The van der Waals surface area contributed by atoms with E-state index in [2.05, 4.69) is 18.3 Å². The van der Waals surface area contributed by atoms with Crippen LogP contribution in [0.4, 0.5) is 11.4 Å². The molecule has 31 heavy (non-hydrogen) atoms. The first-order valence-corrected chi connectivity index (χ1v) is 11.7. The highest BCUT2D eigenvalue weighted by Gasteiger charge is 2.35. The van der Waals surface area contributed by atoms with Crippen LogP contribution < -0.4 is 10.2 Å². The van der Waals surface area contributed by atoms with Crippen molar-refractivity contribution in [1.82, 2.24) is 0 Å². The fraction of sp³-hybridized carbons (Fsp3) is 0.200. The maximum atomic E-state index is 12.8. The molecular formula is C25H23ClN2O2S. The second-order valence-corrected chi connectivity index (χ2v) is 8.84. The molecular weight excluding hydrogens is 428 g/mol. The number of anilines is 2. The summed E-state index contributed by atoms with van der Waals surface area (Å²) in [5.74, 6) is 0.324. The van der Waals surface area contributed by atoms with Crippen molar-refractivity contribution in [3.8, 4) is 0 Å². The molecule has 158 valence electrons. The van der Waals surface area contributed by atoms with Crippen molar-refractivity contribution in [1.29, 1.82) is 0 Å². The van der Waals surface area contributed by atoms with Crippen LogP contribution in [0.2, 0.25) is 5.02 Å².